The summed E-state index contributed by atoms with van der Waals surface area (Å²) in [4.78, 5) is 0. The third kappa shape index (κ3) is 2.64. The molecule has 0 aliphatic heterocycles. The van der Waals surface area contributed by atoms with Crippen LogP contribution in [0.5, 0.6) is 0 Å². The Morgan fingerprint density at radius 3 is 2.22 bits per heavy atom. The minimum absolute atomic E-state index is 0. The Kier molecular flexibility index (Phi) is 4.19. The van der Waals surface area contributed by atoms with Gasteiger partial charge in [0.25, 0.3) is 0 Å². The molecule has 0 saturated heterocycles. The maximum Gasteiger partial charge on any atom is 0 e. The second-order valence-corrected chi connectivity index (χ2v) is 4.14. The Bertz CT molecular complexity index is 580. The molecule has 0 atom stereocenters. The normalized spacial score (nSPS) is 13.0. The molecule has 2 aromatic carbocycles. The van der Waals surface area contributed by atoms with Crippen LogP contribution >= 0.6 is 0 Å². The van der Waals surface area contributed by atoms with Crippen LogP contribution in [0.1, 0.15) is 12.0 Å². The van der Waals surface area contributed by atoms with Gasteiger partial charge in [-0.25, -0.2) is 0 Å². The standard InChI is InChI=1S/C17H13.Fe/c1-2-7-14(8-3-1)16-11-6-12-17(13-16)15-9-4-5-10-15;/h1-4,6-9,11-13H,5H2;/q-1;. The summed E-state index contributed by atoms with van der Waals surface area (Å²) in [5.41, 5.74) is 4.98. The Balaban J connectivity index is 0.00000120. The molecule has 0 radical (unpaired) electrons. The molecule has 0 heterocycles. The molecule has 0 aromatic heterocycles. The number of hydrogen-bond acceptors (Lipinski definition) is 0. The topological polar surface area (TPSA) is 0 Å². The first kappa shape index (κ1) is 12.9. The molecule has 0 saturated carbocycles. The largest absolute Gasteiger partial charge is 0.197 e. The van der Waals surface area contributed by atoms with E-state index in [9.17, 15) is 0 Å². The van der Waals surface area contributed by atoms with Crippen molar-refractivity contribution in [2.45, 2.75) is 6.42 Å². The molecule has 0 unspecified atom stereocenters. The molecule has 90 valence electrons. The molecule has 18 heavy (non-hydrogen) atoms. The summed E-state index contributed by atoms with van der Waals surface area (Å²) in [6.45, 7) is 0. The fraction of sp³-hybridized carbons (Fsp3) is 0.0588. The average Bonchev–Trinajstić information content (AvgIpc) is 2.94. The summed E-state index contributed by atoms with van der Waals surface area (Å²) in [5.74, 6) is 0. The van der Waals surface area contributed by atoms with Crippen molar-refractivity contribution in [3.63, 3.8) is 0 Å². The summed E-state index contributed by atoms with van der Waals surface area (Å²) in [6.07, 6.45) is 8.58. The minimum Gasteiger partial charge on any atom is -0.197 e. The van der Waals surface area contributed by atoms with Crippen LogP contribution in [0.2, 0.25) is 0 Å². The molecule has 2 aromatic rings. The molecule has 1 aliphatic rings. The fourth-order valence-electron chi connectivity index (χ4n) is 2.10. The zero-order chi connectivity index (χ0) is 11.5. The van der Waals surface area contributed by atoms with Crippen molar-refractivity contribution in [1.29, 1.82) is 0 Å². The second kappa shape index (κ2) is 5.86. The monoisotopic (exact) mass is 273 g/mol. The van der Waals surface area contributed by atoms with Gasteiger partial charge in [0, 0.05) is 17.1 Å². The quantitative estimate of drug-likeness (QED) is 0.558. The zero-order valence-electron chi connectivity index (χ0n) is 9.91. The smallest absolute Gasteiger partial charge is 0 e. The Hall–Kier alpha value is -1.56. The van der Waals surface area contributed by atoms with Gasteiger partial charge in [-0.05, 0) is 11.1 Å². The van der Waals surface area contributed by atoms with E-state index in [4.69, 9.17) is 0 Å². The van der Waals surface area contributed by atoms with Crippen LogP contribution in [0, 0.1) is 6.08 Å². The van der Waals surface area contributed by atoms with Crippen LogP contribution < -0.4 is 0 Å². The van der Waals surface area contributed by atoms with Crippen LogP contribution in [-0.4, -0.2) is 0 Å². The molecule has 0 nitrogen and oxygen atoms in total. The number of allylic oxidation sites excluding steroid dienone is 4. The van der Waals surface area contributed by atoms with E-state index in [1.165, 1.54) is 22.3 Å². The van der Waals surface area contributed by atoms with Crippen LogP contribution in [0.15, 0.2) is 66.7 Å². The van der Waals surface area contributed by atoms with Crippen LogP contribution in [-0.2, 0) is 17.1 Å². The van der Waals surface area contributed by atoms with Gasteiger partial charge < -0.3 is 0 Å². The van der Waals surface area contributed by atoms with Crippen molar-refractivity contribution >= 4 is 5.57 Å². The molecular weight excluding hydrogens is 260 g/mol. The summed E-state index contributed by atoms with van der Waals surface area (Å²) in [7, 11) is 0. The van der Waals surface area contributed by atoms with E-state index >= 15 is 0 Å². The maximum absolute atomic E-state index is 3.36. The molecule has 1 heteroatoms. The molecule has 0 amide bonds. The van der Waals surface area contributed by atoms with Gasteiger partial charge in [0.2, 0.25) is 0 Å². The molecule has 0 N–H and O–H groups in total. The Labute approximate surface area is 119 Å². The van der Waals surface area contributed by atoms with E-state index in [1.807, 2.05) is 6.07 Å². The van der Waals surface area contributed by atoms with Crippen LogP contribution in [0.3, 0.4) is 0 Å². The van der Waals surface area contributed by atoms with Gasteiger partial charge >= 0.3 is 0 Å². The predicted molar refractivity (Wildman–Crippen MR) is 72.3 cm³/mol. The van der Waals surface area contributed by atoms with E-state index in [0.717, 1.165) is 6.42 Å². The van der Waals surface area contributed by atoms with E-state index in [2.05, 4.69) is 66.8 Å². The summed E-state index contributed by atoms with van der Waals surface area (Å²) in [6, 6.07) is 19.1. The Morgan fingerprint density at radius 1 is 0.778 bits per heavy atom. The average molecular weight is 273 g/mol. The first-order valence-corrected chi connectivity index (χ1v) is 5.87. The summed E-state index contributed by atoms with van der Waals surface area (Å²) in [5, 5.41) is 0. The van der Waals surface area contributed by atoms with Crippen molar-refractivity contribution in [3.05, 3.63) is 78.4 Å². The van der Waals surface area contributed by atoms with Gasteiger partial charge in [0.05, 0.1) is 0 Å². The minimum atomic E-state index is 0. The van der Waals surface area contributed by atoms with Crippen molar-refractivity contribution in [2.75, 3.05) is 0 Å². The molecule has 0 bridgehead atoms. The molecule has 0 fully saturated rings. The predicted octanol–water partition coefficient (Wildman–Crippen LogP) is 4.50. The maximum atomic E-state index is 3.36. The van der Waals surface area contributed by atoms with E-state index in [-0.39, 0.29) is 17.1 Å². The van der Waals surface area contributed by atoms with Gasteiger partial charge in [-0.3, -0.25) is 0 Å². The van der Waals surface area contributed by atoms with Crippen molar-refractivity contribution in [3.8, 4) is 11.1 Å². The van der Waals surface area contributed by atoms with Crippen LogP contribution in [0.25, 0.3) is 16.7 Å². The first-order chi connectivity index (χ1) is 8.43. The number of rotatable bonds is 2. The van der Waals surface area contributed by atoms with Gasteiger partial charge in [0.1, 0.15) is 0 Å². The van der Waals surface area contributed by atoms with Gasteiger partial charge in [-0.2, -0.15) is 17.7 Å². The third-order valence-corrected chi connectivity index (χ3v) is 2.98. The van der Waals surface area contributed by atoms with Crippen LogP contribution in [0.4, 0.5) is 0 Å². The summed E-state index contributed by atoms with van der Waals surface area (Å²) >= 11 is 0. The molecule has 1 aliphatic carbocycles. The van der Waals surface area contributed by atoms with Crippen molar-refractivity contribution in [1.82, 2.24) is 0 Å². The molecular formula is C17H13Fe-. The summed E-state index contributed by atoms with van der Waals surface area (Å²) < 4.78 is 0. The SMILES string of the molecule is [C-]1=C(c2cccc(-c3ccccc3)c2)C=CC1.[Fe]. The third-order valence-electron chi connectivity index (χ3n) is 2.98. The molecule has 3 rings (SSSR count). The van der Waals surface area contributed by atoms with E-state index in [1.54, 1.807) is 0 Å². The Morgan fingerprint density at radius 2 is 1.50 bits per heavy atom. The van der Waals surface area contributed by atoms with Crippen molar-refractivity contribution < 1.29 is 17.1 Å². The van der Waals surface area contributed by atoms with Crippen molar-refractivity contribution in [2.24, 2.45) is 0 Å². The second-order valence-electron chi connectivity index (χ2n) is 4.14. The fourth-order valence-corrected chi connectivity index (χ4v) is 2.10. The van der Waals surface area contributed by atoms with Gasteiger partial charge in [-0.1, -0.05) is 48.9 Å². The zero-order valence-corrected chi connectivity index (χ0v) is 11.0. The van der Waals surface area contributed by atoms with Gasteiger partial charge in [0.15, 0.2) is 0 Å². The van der Waals surface area contributed by atoms with E-state index < -0.39 is 0 Å². The molecule has 0 spiro atoms. The number of hydrogen-bond donors (Lipinski definition) is 0. The van der Waals surface area contributed by atoms with Gasteiger partial charge in [-0.15, -0.1) is 23.8 Å². The number of benzene rings is 2. The van der Waals surface area contributed by atoms with E-state index in [0.29, 0.717) is 0 Å². The first-order valence-electron chi connectivity index (χ1n) is 5.87.